The van der Waals surface area contributed by atoms with Crippen LogP contribution in [0, 0.1) is 12.7 Å². The minimum Gasteiger partial charge on any atom is -0.337 e. The summed E-state index contributed by atoms with van der Waals surface area (Å²) in [5.74, 6) is 0.929. The lowest BCUT2D eigenvalue weighted by atomic mass is 10.2. The molecular formula is C14H14BrClFN3. The predicted molar refractivity (Wildman–Crippen MR) is 83.3 cm³/mol. The third kappa shape index (κ3) is 3.27. The van der Waals surface area contributed by atoms with Crippen molar-refractivity contribution in [3.63, 3.8) is 0 Å². The first-order valence-corrected chi connectivity index (χ1v) is 7.31. The number of rotatable bonds is 3. The van der Waals surface area contributed by atoms with Crippen LogP contribution < -0.4 is 5.32 Å². The van der Waals surface area contributed by atoms with Crippen LogP contribution in [0.5, 0.6) is 0 Å². The Kier molecular flexibility index (Phi) is 4.60. The zero-order valence-corrected chi connectivity index (χ0v) is 13.7. The number of halogens is 3. The van der Waals surface area contributed by atoms with E-state index in [2.05, 4.69) is 31.2 Å². The molecule has 0 radical (unpaired) electrons. The molecule has 0 bridgehead atoms. The first-order chi connectivity index (χ1) is 9.38. The number of nitrogens with one attached hydrogen (secondary N) is 1. The molecule has 0 unspecified atom stereocenters. The zero-order valence-electron chi connectivity index (χ0n) is 11.3. The summed E-state index contributed by atoms with van der Waals surface area (Å²) in [7, 11) is 0. The van der Waals surface area contributed by atoms with Gasteiger partial charge in [0.25, 0.3) is 0 Å². The number of benzene rings is 1. The van der Waals surface area contributed by atoms with Crippen LogP contribution in [0.15, 0.2) is 22.7 Å². The molecule has 0 atom stereocenters. The normalized spacial score (nSPS) is 10.9. The standard InChI is InChI=1S/C14H14BrClFN3/c1-7(2)13-19-12(16)8(3)14(20-13)18-11-5-4-9(15)6-10(11)17/h4-7H,1-3H3,(H,18,19,20). The predicted octanol–water partition coefficient (Wildman–Crippen LogP) is 5.21. The van der Waals surface area contributed by atoms with Gasteiger partial charge in [-0.05, 0) is 25.1 Å². The summed E-state index contributed by atoms with van der Waals surface area (Å²) in [6.45, 7) is 5.75. The number of aromatic nitrogens is 2. The van der Waals surface area contributed by atoms with E-state index in [-0.39, 0.29) is 11.7 Å². The molecule has 20 heavy (non-hydrogen) atoms. The largest absolute Gasteiger partial charge is 0.337 e. The Morgan fingerprint density at radius 1 is 1.30 bits per heavy atom. The Morgan fingerprint density at radius 2 is 2.00 bits per heavy atom. The molecule has 0 saturated heterocycles. The number of anilines is 2. The fourth-order valence-corrected chi connectivity index (χ4v) is 2.11. The van der Waals surface area contributed by atoms with Gasteiger partial charge in [0.1, 0.15) is 22.6 Å². The van der Waals surface area contributed by atoms with Gasteiger partial charge in [-0.2, -0.15) is 0 Å². The zero-order chi connectivity index (χ0) is 14.9. The Hall–Kier alpha value is -1.20. The smallest absolute Gasteiger partial charge is 0.147 e. The van der Waals surface area contributed by atoms with Crippen molar-refractivity contribution in [1.82, 2.24) is 9.97 Å². The molecule has 0 fully saturated rings. The van der Waals surface area contributed by atoms with Crippen LogP contribution in [-0.2, 0) is 0 Å². The van der Waals surface area contributed by atoms with Crippen molar-refractivity contribution in [1.29, 1.82) is 0 Å². The molecular weight excluding hydrogens is 345 g/mol. The van der Waals surface area contributed by atoms with Gasteiger partial charge < -0.3 is 5.32 Å². The molecule has 2 aromatic rings. The fraction of sp³-hybridized carbons (Fsp3) is 0.286. The van der Waals surface area contributed by atoms with E-state index in [1.807, 2.05) is 13.8 Å². The van der Waals surface area contributed by atoms with Gasteiger partial charge in [-0.3, -0.25) is 0 Å². The number of hydrogen-bond acceptors (Lipinski definition) is 3. The monoisotopic (exact) mass is 357 g/mol. The number of hydrogen-bond donors (Lipinski definition) is 1. The van der Waals surface area contributed by atoms with Gasteiger partial charge in [0, 0.05) is 16.0 Å². The van der Waals surface area contributed by atoms with Crippen LogP contribution in [0.25, 0.3) is 0 Å². The summed E-state index contributed by atoms with van der Waals surface area (Å²) in [5, 5.41) is 3.35. The maximum atomic E-state index is 13.9. The summed E-state index contributed by atoms with van der Waals surface area (Å²) in [5.41, 5.74) is 1.04. The molecule has 0 aliphatic carbocycles. The average molecular weight is 359 g/mol. The second-order valence-corrected chi connectivity index (χ2v) is 6.02. The van der Waals surface area contributed by atoms with E-state index in [9.17, 15) is 4.39 Å². The summed E-state index contributed by atoms with van der Waals surface area (Å²) >= 11 is 9.33. The van der Waals surface area contributed by atoms with Gasteiger partial charge in [0.15, 0.2) is 0 Å². The molecule has 1 aromatic heterocycles. The summed E-state index contributed by atoms with van der Waals surface area (Å²) in [6, 6.07) is 4.79. The van der Waals surface area contributed by atoms with E-state index in [1.165, 1.54) is 6.07 Å². The Labute approximate surface area is 130 Å². The van der Waals surface area contributed by atoms with Crippen molar-refractivity contribution in [2.45, 2.75) is 26.7 Å². The van der Waals surface area contributed by atoms with Crippen LogP contribution in [0.4, 0.5) is 15.9 Å². The first-order valence-electron chi connectivity index (χ1n) is 6.14. The van der Waals surface area contributed by atoms with E-state index < -0.39 is 0 Å². The SMILES string of the molecule is Cc1c(Cl)nc(C(C)C)nc1Nc1ccc(Br)cc1F. The molecule has 6 heteroatoms. The highest BCUT2D eigenvalue weighted by Crippen LogP contribution is 2.27. The highest BCUT2D eigenvalue weighted by Gasteiger charge is 2.13. The quantitative estimate of drug-likeness (QED) is 0.766. The number of nitrogens with zero attached hydrogens (tertiary/aromatic N) is 2. The Balaban J connectivity index is 2.42. The van der Waals surface area contributed by atoms with E-state index in [4.69, 9.17) is 11.6 Å². The molecule has 0 aliphatic rings. The minimum atomic E-state index is -0.361. The average Bonchev–Trinajstić information content (AvgIpc) is 2.37. The van der Waals surface area contributed by atoms with Crippen LogP contribution in [0.1, 0.15) is 31.2 Å². The van der Waals surface area contributed by atoms with Crippen LogP contribution >= 0.6 is 27.5 Å². The van der Waals surface area contributed by atoms with Crippen molar-refractivity contribution in [2.75, 3.05) is 5.32 Å². The molecule has 0 spiro atoms. The second-order valence-electron chi connectivity index (χ2n) is 4.75. The molecule has 1 aromatic carbocycles. The van der Waals surface area contributed by atoms with Gasteiger partial charge in [-0.1, -0.05) is 41.4 Å². The molecule has 0 aliphatic heterocycles. The van der Waals surface area contributed by atoms with E-state index in [1.54, 1.807) is 19.1 Å². The molecule has 2 rings (SSSR count). The lowest BCUT2D eigenvalue weighted by molar-refractivity contribution is 0.631. The minimum absolute atomic E-state index is 0.142. The van der Waals surface area contributed by atoms with Crippen LogP contribution in [0.2, 0.25) is 5.15 Å². The molecule has 0 saturated carbocycles. The molecule has 1 N–H and O–H groups in total. The molecule has 0 amide bonds. The van der Waals surface area contributed by atoms with Crippen molar-refractivity contribution >= 4 is 39.0 Å². The van der Waals surface area contributed by atoms with Gasteiger partial charge in [-0.25, -0.2) is 14.4 Å². The first kappa shape index (κ1) is 15.2. The van der Waals surface area contributed by atoms with Gasteiger partial charge >= 0.3 is 0 Å². The van der Waals surface area contributed by atoms with E-state index >= 15 is 0 Å². The van der Waals surface area contributed by atoms with E-state index in [0.717, 1.165) is 0 Å². The highest BCUT2D eigenvalue weighted by atomic mass is 79.9. The highest BCUT2D eigenvalue weighted by molar-refractivity contribution is 9.10. The molecule has 3 nitrogen and oxygen atoms in total. The van der Waals surface area contributed by atoms with Crippen LogP contribution in [0.3, 0.4) is 0 Å². The fourth-order valence-electron chi connectivity index (χ4n) is 1.60. The third-order valence-corrected chi connectivity index (χ3v) is 3.67. The second kappa shape index (κ2) is 6.06. The van der Waals surface area contributed by atoms with E-state index in [0.29, 0.717) is 32.5 Å². The van der Waals surface area contributed by atoms with Gasteiger partial charge in [-0.15, -0.1) is 0 Å². The maximum absolute atomic E-state index is 13.9. The van der Waals surface area contributed by atoms with Crippen molar-refractivity contribution < 1.29 is 4.39 Å². The van der Waals surface area contributed by atoms with Crippen molar-refractivity contribution in [3.05, 3.63) is 45.0 Å². The van der Waals surface area contributed by atoms with Crippen LogP contribution in [-0.4, -0.2) is 9.97 Å². The van der Waals surface area contributed by atoms with Gasteiger partial charge in [0.2, 0.25) is 0 Å². The van der Waals surface area contributed by atoms with Crippen molar-refractivity contribution in [3.8, 4) is 0 Å². The summed E-state index contributed by atoms with van der Waals surface area (Å²) < 4.78 is 14.5. The maximum Gasteiger partial charge on any atom is 0.147 e. The third-order valence-electron chi connectivity index (χ3n) is 2.80. The Morgan fingerprint density at radius 3 is 2.60 bits per heavy atom. The topological polar surface area (TPSA) is 37.8 Å². The summed E-state index contributed by atoms with van der Waals surface area (Å²) in [4.78, 5) is 8.63. The summed E-state index contributed by atoms with van der Waals surface area (Å²) in [6.07, 6.45) is 0. The lowest BCUT2D eigenvalue weighted by Crippen LogP contribution is -2.05. The lowest BCUT2D eigenvalue weighted by Gasteiger charge is -2.13. The van der Waals surface area contributed by atoms with Crippen molar-refractivity contribution in [2.24, 2.45) is 0 Å². The molecule has 106 valence electrons. The Bertz CT molecular complexity index is 647. The molecule has 1 heterocycles. The van der Waals surface area contributed by atoms with Gasteiger partial charge in [0.05, 0.1) is 5.69 Å².